The largest absolute Gasteiger partial charge is 0.418 e. The molecule has 0 saturated heterocycles. The van der Waals surface area contributed by atoms with Crippen LogP contribution in [0.5, 0.6) is 0 Å². The fourth-order valence-electron chi connectivity index (χ4n) is 1.82. The highest BCUT2D eigenvalue weighted by Gasteiger charge is 2.33. The van der Waals surface area contributed by atoms with E-state index in [-0.39, 0.29) is 18.8 Å². The highest BCUT2D eigenvalue weighted by Crippen LogP contribution is 2.30. The van der Waals surface area contributed by atoms with Gasteiger partial charge in [0.25, 0.3) is 0 Å². The summed E-state index contributed by atoms with van der Waals surface area (Å²) in [5.74, 6) is 0.345. The first-order valence-electron chi connectivity index (χ1n) is 6.20. The van der Waals surface area contributed by atoms with Crippen LogP contribution in [0.4, 0.5) is 13.2 Å². The summed E-state index contributed by atoms with van der Waals surface area (Å²) in [5.41, 5.74) is -0.785. The third-order valence-electron chi connectivity index (χ3n) is 2.61. The topological polar surface area (TPSA) is 45.1 Å². The first kappa shape index (κ1) is 15.9. The summed E-state index contributed by atoms with van der Waals surface area (Å²) in [5, 5.41) is 12.4. The number of halogens is 3. The Labute approximate surface area is 110 Å². The fourth-order valence-corrected chi connectivity index (χ4v) is 1.82. The van der Waals surface area contributed by atoms with Crippen molar-refractivity contribution in [3.05, 3.63) is 29.6 Å². The minimum absolute atomic E-state index is 0.00909. The number of hydrogen-bond acceptors (Lipinski definition) is 3. The number of rotatable bonds is 6. The summed E-state index contributed by atoms with van der Waals surface area (Å²) in [6.45, 7) is 4.20. The van der Waals surface area contributed by atoms with Crippen LogP contribution < -0.4 is 5.32 Å². The zero-order chi connectivity index (χ0) is 14.5. The van der Waals surface area contributed by atoms with Crippen molar-refractivity contribution in [2.45, 2.75) is 39.1 Å². The van der Waals surface area contributed by atoms with Crippen LogP contribution in [0, 0.1) is 5.92 Å². The molecule has 0 amide bonds. The zero-order valence-corrected chi connectivity index (χ0v) is 11.0. The van der Waals surface area contributed by atoms with Gasteiger partial charge in [-0.2, -0.15) is 13.2 Å². The molecule has 2 N–H and O–H groups in total. The Morgan fingerprint density at radius 2 is 2.05 bits per heavy atom. The van der Waals surface area contributed by atoms with Gasteiger partial charge in [-0.15, -0.1) is 0 Å². The van der Waals surface area contributed by atoms with E-state index in [0.29, 0.717) is 12.3 Å². The Balaban J connectivity index is 2.54. The predicted octanol–water partition coefficient (Wildman–Crippen LogP) is 2.60. The molecule has 0 aliphatic heterocycles. The maximum atomic E-state index is 12.7. The molecule has 0 saturated carbocycles. The van der Waals surface area contributed by atoms with E-state index in [9.17, 15) is 18.3 Å². The molecule has 19 heavy (non-hydrogen) atoms. The van der Waals surface area contributed by atoms with E-state index < -0.39 is 17.8 Å². The van der Waals surface area contributed by atoms with Gasteiger partial charge in [-0.05, 0) is 24.5 Å². The van der Waals surface area contributed by atoms with Crippen LogP contribution in [0.3, 0.4) is 0 Å². The van der Waals surface area contributed by atoms with Gasteiger partial charge in [0, 0.05) is 19.3 Å². The average molecular weight is 276 g/mol. The van der Waals surface area contributed by atoms with Crippen LogP contribution in [0.1, 0.15) is 31.5 Å². The Bertz CT molecular complexity index is 394. The maximum absolute atomic E-state index is 12.7. The molecule has 0 fully saturated rings. The van der Waals surface area contributed by atoms with Gasteiger partial charge in [-0.25, -0.2) is 0 Å². The second-order valence-electron chi connectivity index (χ2n) is 4.91. The molecule has 0 radical (unpaired) electrons. The third-order valence-corrected chi connectivity index (χ3v) is 2.61. The Morgan fingerprint density at radius 1 is 1.37 bits per heavy atom. The average Bonchev–Trinajstić information content (AvgIpc) is 2.27. The molecule has 108 valence electrons. The lowest BCUT2D eigenvalue weighted by Gasteiger charge is -2.15. The van der Waals surface area contributed by atoms with Gasteiger partial charge >= 0.3 is 6.18 Å². The number of nitrogens with one attached hydrogen (secondary N) is 1. The van der Waals surface area contributed by atoms with Crippen molar-refractivity contribution >= 4 is 0 Å². The minimum atomic E-state index is -4.40. The standard InChI is InChI=1S/C13H19F3N2O/c1-9(2)6-10(19)7-17-8-12-11(13(14,15)16)4-3-5-18-12/h3-5,9-10,17,19H,6-8H2,1-2H3. The number of nitrogens with zero attached hydrogens (tertiary/aromatic N) is 1. The third kappa shape index (κ3) is 5.57. The SMILES string of the molecule is CC(C)CC(O)CNCc1ncccc1C(F)(F)F. The van der Waals surface area contributed by atoms with Crippen molar-refractivity contribution in [1.82, 2.24) is 10.3 Å². The van der Waals surface area contributed by atoms with Crippen LogP contribution in [0.2, 0.25) is 0 Å². The van der Waals surface area contributed by atoms with Gasteiger partial charge in [0.05, 0.1) is 17.4 Å². The van der Waals surface area contributed by atoms with Gasteiger partial charge in [-0.1, -0.05) is 13.8 Å². The van der Waals surface area contributed by atoms with Gasteiger partial charge in [0.1, 0.15) is 0 Å². The van der Waals surface area contributed by atoms with Gasteiger partial charge in [0.15, 0.2) is 0 Å². The molecule has 0 bridgehead atoms. The number of aromatic nitrogens is 1. The lowest BCUT2D eigenvalue weighted by molar-refractivity contribution is -0.138. The molecule has 3 nitrogen and oxygen atoms in total. The van der Waals surface area contributed by atoms with Gasteiger partial charge in [-0.3, -0.25) is 4.98 Å². The molecule has 6 heteroatoms. The molecule has 1 heterocycles. The summed E-state index contributed by atoms with van der Waals surface area (Å²) in [6, 6.07) is 2.27. The van der Waals surface area contributed by atoms with Crippen LogP contribution in [-0.4, -0.2) is 22.7 Å². The van der Waals surface area contributed by atoms with Gasteiger partial charge in [0.2, 0.25) is 0 Å². The Kier molecular flexibility index (Phi) is 5.75. The summed E-state index contributed by atoms with van der Waals surface area (Å²) < 4.78 is 38.1. The Hall–Kier alpha value is -1.14. The zero-order valence-electron chi connectivity index (χ0n) is 11.0. The highest BCUT2D eigenvalue weighted by atomic mass is 19.4. The number of pyridine rings is 1. The van der Waals surface area contributed by atoms with Crippen molar-refractivity contribution in [3.63, 3.8) is 0 Å². The molecule has 0 aliphatic carbocycles. The van der Waals surface area contributed by atoms with Gasteiger partial charge < -0.3 is 10.4 Å². The molecule has 0 aromatic carbocycles. The normalized spacial score (nSPS) is 13.8. The van der Waals surface area contributed by atoms with Crippen molar-refractivity contribution in [3.8, 4) is 0 Å². The van der Waals surface area contributed by atoms with E-state index in [2.05, 4.69) is 10.3 Å². The monoisotopic (exact) mass is 276 g/mol. The number of hydrogen-bond donors (Lipinski definition) is 2. The number of aliphatic hydroxyl groups excluding tert-OH is 1. The Morgan fingerprint density at radius 3 is 2.63 bits per heavy atom. The molecular formula is C13H19F3N2O. The fraction of sp³-hybridized carbons (Fsp3) is 0.615. The molecule has 1 aromatic heterocycles. The molecule has 1 unspecified atom stereocenters. The first-order valence-corrected chi connectivity index (χ1v) is 6.20. The number of aliphatic hydroxyl groups is 1. The van der Waals surface area contributed by atoms with E-state index in [1.807, 2.05) is 13.8 Å². The minimum Gasteiger partial charge on any atom is -0.392 e. The van der Waals surface area contributed by atoms with E-state index in [4.69, 9.17) is 0 Å². The van der Waals surface area contributed by atoms with E-state index >= 15 is 0 Å². The van der Waals surface area contributed by atoms with Crippen molar-refractivity contribution in [2.75, 3.05) is 6.54 Å². The predicted molar refractivity (Wildman–Crippen MR) is 66.4 cm³/mol. The van der Waals surface area contributed by atoms with Crippen LogP contribution in [0.15, 0.2) is 18.3 Å². The van der Waals surface area contributed by atoms with Crippen LogP contribution >= 0.6 is 0 Å². The van der Waals surface area contributed by atoms with Crippen LogP contribution in [-0.2, 0) is 12.7 Å². The van der Waals surface area contributed by atoms with Crippen molar-refractivity contribution in [2.24, 2.45) is 5.92 Å². The lowest BCUT2D eigenvalue weighted by atomic mass is 10.1. The van der Waals surface area contributed by atoms with Crippen molar-refractivity contribution in [1.29, 1.82) is 0 Å². The molecule has 0 spiro atoms. The van der Waals surface area contributed by atoms with Crippen molar-refractivity contribution < 1.29 is 18.3 Å². The summed E-state index contributed by atoms with van der Waals surface area (Å²) >= 11 is 0. The second-order valence-corrected chi connectivity index (χ2v) is 4.91. The molecule has 1 atom stereocenters. The molecule has 1 aromatic rings. The molecule has 1 rings (SSSR count). The number of alkyl halides is 3. The van der Waals surface area contributed by atoms with E-state index in [1.165, 1.54) is 12.3 Å². The summed E-state index contributed by atoms with van der Waals surface area (Å²) in [6.07, 6.45) is -3.02. The van der Waals surface area contributed by atoms with Crippen LogP contribution in [0.25, 0.3) is 0 Å². The highest BCUT2D eigenvalue weighted by molar-refractivity contribution is 5.22. The molecule has 0 aliphatic rings. The molecular weight excluding hydrogens is 257 g/mol. The lowest BCUT2D eigenvalue weighted by Crippen LogP contribution is -2.28. The summed E-state index contributed by atoms with van der Waals surface area (Å²) in [7, 11) is 0. The smallest absolute Gasteiger partial charge is 0.392 e. The maximum Gasteiger partial charge on any atom is 0.418 e. The first-order chi connectivity index (χ1) is 8.80. The second kappa shape index (κ2) is 6.86. The van der Waals surface area contributed by atoms with E-state index in [0.717, 1.165) is 6.07 Å². The van der Waals surface area contributed by atoms with E-state index in [1.54, 1.807) is 0 Å². The summed E-state index contributed by atoms with van der Waals surface area (Å²) in [4.78, 5) is 3.74. The quantitative estimate of drug-likeness (QED) is 0.839.